The van der Waals surface area contributed by atoms with Crippen LogP contribution in [0.1, 0.15) is 30.2 Å². The van der Waals surface area contributed by atoms with Gasteiger partial charge in [-0.2, -0.15) is 0 Å². The Morgan fingerprint density at radius 2 is 1.96 bits per heavy atom. The highest BCUT2D eigenvalue weighted by Crippen LogP contribution is 2.29. The number of benzene rings is 1. The molecule has 0 radical (unpaired) electrons. The summed E-state index contributed by atoms with van der Waals surface area (Å²) in [5, 5.41) is 0. The molecule has 26 heavy (non-hydrogen) atoms. The van der Waals surface area contributed by atoms with Gasteiger partial charge < -0.3 is 14.2 Å². The fourth-order valence-electron chi connectivity index (χ4n) is 4.30. The minimum atomic E-state index is 0.263. The van der Waals surface area contributed by atoms with Crippen molar-refractivity contribution in [1.82, 2.24) is 14.5 Å². The van der Waals surface area contributed by atoms with Crippen LogP contribution in [0.25, 0.3) is 0 Å². The highest BCUT2D eigenvalue weighted by molar-refractivity contribution is 5.76. The molecule has 0 saturated heterocycles. The maximum atomic E-state index is 13.1. The molecule has 2 heterocycles. The SMILES string of the molecule is CCOC[C@H]1CN(C(=O)CC2Cc3ccccc3C2)Cc2cncn2C1. The molecule has 0 spiro atoms. The van der Waals surface area contributed by atoms with E-state index in [-0.39, 0.29) is 5.91 Å². The van der Waals surface area contributed by atoms with E-state index in [0.717, 1.165) is 31.6 Å². The summed E-state index contributed by atoms with van der Waals surface area (Å²) in [5.74, 6) is 1.01. The molecule has 0 bridgehead atoms. The molecule has 2 aliphatic rings. The van der Waals surface area contributed by atoms with Crippen molar-refractivity contribution in [3.8, 4) is 0 Å². The van der Waals surface area contributed by atoms with Crippen LogP contribution >= 0.6 is 0 Å². The second kappa shape index (κ2) is 7.62. The monoisotopic (exact) mass is 353 g/mol. The number of imidazole rings is 1. The van der Waals surface area contributed by atoms with Gasteiger partial charge in [0.2, 0.25) is 5.91 Å². The summed E-state index contributed by atoms with van der Waals surface area (Å²) in [5.41, 5.74) is 3.94. The molecular weight excluding hydrogens is 326 g/mol. The molecule has 0 fully saturated rings. The number of carbonyl (C=O) groups excluding carboxylic acids is 1. The zero-order valence-electron chi connectivity index (χ0n) is 15.4. The summed E-state index contributed by atoms with van der Waals surface area (Å²) in [6.07, 6.45) is 6.43. The van der Waals surface area contributed by atoms with Gasteiger partial charge in [0.25, 0.3) is 0 Å². The zero-order valence-corrected chi connectivity index (χ0v) is 15.4. The number of hydrogen-bond acceptors (Lipinski definition) is 3. The number of ether oxygens (including phenoxy) is 1. The summed E-state index contributed by atoms with van der Waals surface area (Å²) < 4.78 is 7.82. The van der Waals surface area contributed by atoms with Gasteiger partial charge in [-0.05, 0) is 36.8 Å². The van der Waals surface area contributed by atoms with E-state index in [4.69, 9.17) is 4.74 Å². The lowest BCUT2D eigenvalue weighted by atomic mass is 10.0. The Hall–Kier alpha value is -2.14. The molecule has 2 aromatic rings. The summed E-state index contributed by atoms with van der Waals surface area (Å²) in [4.78, 5) is 19.4. The summed E-state index contributed by atoms with van der Waals surface area (Å²) in [6.45, 7) is 5.70. The lowest BCUT2D eigenvalue weighted by molar-refractivity contribution is -0.133. The first-order valence-corrected chi connectivity index (χ1v) is 9.64. The summed E-state index contributed by atoms with van der Waals surface area (Å²) in [6, 6.07) is 8.58. The molecule has 4 rings (SSSR count). The number of carbonyl (C=O) groups is 1. The third-order valence-corrected chi connectivity index (χ3v) is 5.59. The lowest BCUT2D eigenvalue weighted by Gasteiger charge is -2.25. The van der Waals surface area contributed by atoms with Crippen LogP contribution in [0.3, 0.4) is 0 Å². The van der Waals surface area contributed by atoms with Gasteiger partial charge in [-0.3, -0.25) is 4.79 Å². The Morgan fingerprint density at radius 3 is 2.69 bits per heavy atom. The Morgan fingerprint density at radius 1 is 1.19 bits per heavy atom. The quantitative estimate of drug-likeness (QED) is 0.830. The second-order valence-electron chi connectivity index (χ2n) is 7.58. The molecule has 0 N–H and O–H groups in total. The van der Waals surface area contributed by atoms with Gasteiger partial charge in [-0.15, -0.1) is 0 Å². The van der Waals surface area contributed by atoms with E-state index >= 15 is 0 Å². The standard InChI is InChI=1S/C21H27N3O2/c1-2-26-14-17-11-23(13-20-10-22-15-24(20)12-17)21(25)9-16-7-18-5-3-4-6-19(18)8-16/h3-6,10,15-17H,2,7-9,11-14H2,1H3/t17-/m0/s1. The predicted octanol–water partition coefficient (Wildman–Crippen LogP) is 2.68. The topological polar surface area (TPSA) is 47.4 Å². The number of rotatable bonds is 5. The molecule has 0 unspecified atom stereocenters. The summed E-state index contributed by atoms with van der Waals surface area (Å²) in [7, 11) is 0. The average molecular weight is 353 g/mol. The smallest absolute Gasteiger partial charge is 0.223 e. The number of fused-ring (bicyclic) bond motifs is 2. The molecule has 1 atom stereocenters. The van der Waals surface area contributed by atoms with Gasteiger partial charge in [0.1, 0.15) is 0 Å². The van der Waals surface area contributed by atoms with E-state index in [0.29, 0.717) is 38.0 Å². The molecule has 5 heteroatoms. The molecular formula is C21H27N3O2. The van der Waals surface area contributed by atoms with E-state index in [9.17, 15) is 4.79 Å². The third-order valence-electron chi connectivity index (χ3n) is 5.59. The van der Waals surface area contributed by atoms with Crippen LogP contribution in [0, 0.1) is 11.8 Å². The average Bonchev–Trinajstić information content (AvgIpc) is 3.20. The van der Waals surface area contributed by atoms with E-state index in [1.807, 2.05) is 24.3 Å². The minimum absolute atomic E-state index is 0.263. The van der Waals surface area contributed by atoms with Crippen molar-refractivity contribution in [1.29, 1.82) is 0 Å². The first kappa shape index (κ1) is 17.3. The highest BCUT2D eigenvalue weighted by atomic mass is 16.5. The molecule has 1 aliphatic carbocycles. The fraction of sp³-hybridized carbons (Fsp3) is 0.524. The van der Waals surface area contributed by atoms with Crippen LogP contribution in [-0.4, -0.2) is 40.1 Å². The van der Waals surface area contributed by atoms with Crippen LogP contribution in [0.2, 0.25) is 0 Å². The van der Waals surface area contributed by atoms with Gasteiger partial charge in [0.15, 0.2) is 0 Å². The van der Waals surface area contributed by atoms with E-state index < -0.39 is 0 Å². The minimum Gasteiger partial charge on any atom is -0.381 e. The molecule has 1 aliphatic heterocycles. The second-order valence-corrected chi connectivity index (χ2v) is 7.58. The van der Waals surface area contributed by atoms with E-state index in [1.54, 1.807) is 0 Å². The van der Waals surface area contributed by atoms with Crippen molar-refractivity contribution in [3.05, 3.63) is 53.6 Å². The molecule has 1 aromatic carbocycles. The van der Waals surface area contributed by atoms with Crippen molar-refractivity contribution in [2.45, 2.75) is 39.3 Å². The fourth-order valence-corrected chi connectivity index (χ4v) is 4.30. The zero-order chi connectivity index (χ0) is 17.9. The van der Waals surface area contributed by atoms with Gasteiger partial charge >= 0.3 is 0 Å². The van der Waals surface area contributed by atoms with Crippen LogP contribution < -0.4 is 0 Å². The maximum Gasteiger partial charge on any atom is 0.223 e. The molecule has 1 amide bonds. The van der Waals surface area contributed by atoms with Crippen LogP contribution in [0.4, 0.5) is 0 Å². The van der Waals surface area contributed by atoms with Crippen molar-refractivity contribution in [2.75, 3.05) is 19.8 Å². The Kier molecular flexibility index (Phi) is 5.07. The molecule has 0 saturated carbocycles. The lowest BCUT2D eigenvalue weighted by Crippen LogP contribution is -2.36. The first-order valence-electron chi connectivity index (χ1n) is 9.64. The molecule has 5 nitrogen and oxygen atoms in total. The van der Waals surface area contributed by atoms with Crippen LogP contribution in [0.5, 0.6) is 0 Å². The highest BCUT2D eigenvalue weighted by Gasteiger charge is 2.29. The molecule has 1 aromatic heterocycles. The van der Waals surface area contributed by atoms with Crippen molar-refractivity contribution < 1.29 is 9.53 Å². The Bertz CT molecular complexity index is 745. The number of nitrogens with zero attached hydrogens (tertiary/aromatic N) is 3. The number of hydrogen-bond donors (Lipinski definition) is 0. The van der Waals surface area contributed by atoms with Gasteiger partial charge in [0.05, 0.1) is 25.2 Å². The third kappa shape index (κ3) is 3.68. The van der Waals surface area contributed by atoms with Crippen molar-refractivity contribution in [3.63, 3.8) is 0 Å². The first-order chi connectivity index (χ1) is 12.7. The van der Waals surface area contributed by atoms with Crippen molar-refractivity contribution in [2.24, 2.45) is 11.8 Å². The van der Waals surface area contributed by atoms with Gasteiger partial charge in [0, 0.05) is 38.2 Å². The normalized spacial score (nSPS) is 19.9. The van der Waals surface area contributed by atoms with E-state index in [2.05, 4.69) is 33.8 Å². The van der Waals surface area contributed by atoms with Crippen LogP contribution in [-0.2, 0) is 35.5 Å². The van der Waals surface area contributed by atoms with Crippen molar-refractivity contribution >= 4 is 5.91 Å². The maximum absolute atomic E-state index is 13.1. The number of aromatic nitrogens is 2. The Balaban J connectivity index is 1.43. The number of amides is 1. The van der Waals surface area contributed by atoms with Gasteiger partial charge in [-0.25, -0.2) is 4.98 Å². The van der Waals surface area contributed by atoms with Crippen LogP contribution in [0.15, 0.2) is 36.8 Å². The van der Waals surface area contributed by atoms with Gasteiger partial charge in [-0.1, -0.05) is 24.3 Å². The molecule has 138 valence electrons. The largest absolute Gasteiger partial charge is 0.381 e. The van der Waals surface area contributed by atoms with E-state index in [1.165, 1.54) is 11.1 Å². The Labute approximate surface area is 155 Å². The summed E-state index contributed by atoms with van der Waals surface area (Å²) >= 11 is 0. The predicted molar refractivity (Wildman–Crippen MR) is 99.6 cm³/mol.